The molecule has 5 heteroatoms. The predicted octanol–water partition coefficient (Wildman–Crippen LogP) is 2.61. The molecule has 2 aromatic heterocycles. The summed E-state index contributed by atoms with van der Waals surface area (Å²) in [6, 6.07) is 8.33. The summed E-state index contributed by atoms with van der Waals surface area (Å²) in [7, 11) is 0. The Morgan fingerprint density at radius 1 is 1.20 bits per heavy atom. The Morgan fingerprint density at radius 3 is 2.85 bits per heavy atom. The van der Waals surface area contributed by atoms with Crippen molar-refractivity contribution in [3.05, 3.63) is 47.9 Å². The van der Waals surface area contributed by atoms with Gasteiger partial charge in [0.1, 0.15) is 12.1 Å². The van der Waals surface area contributed by atoms with Crippen LogP contribution in [0, 0.1) is 6.92 Å². The van der Waals surface area contributed by atoms with Crippen molar-refractivity contribution in [1.29, 1.82) is 0 Å². The molecule has 0 aliphatic heterocycles. The van der Waals surface area contributed by atoms with Crippen molar-refractivity contribution in [2.45, 2.75) is 20.4 Å². The lowest BCUT2D eigenvalue weighted by Crippen LogP contribution is -2.05. The molecule has 0 saturated heterocycles. The van der Waals surface area contributed by atoms with Gasteiger partial charge in [-0.15, -0.1) is 0 Å². The average Bonchev–Trinajstić information content (AvgIpc) is 2.86. The molecule has 1 N–H and O–H groups in total. The van der Waals surface area contributed by atoms with Gasteiger partial charge in [0.15, 0.2) is 5.65 Å². The number of nitrogens with one attached hydrogen (secondary N) is 1. The number of aryl methyl sites for hydroxylation is 1. The molecule has 3 aromatic rings. The third-order valence-corrected chi connectivity index (χ3v) is 3.36. The third-order valence-electron chi connectivity index (χ3n) is 3.36. The summed E-state index contributed by atoms with van der Waals surface area (Å²) >= 11 is 0. The number of hydrogen-bond donors (Lipinski definition) is 1. The van der Waals surface area contributed by atoms with Crippen LogP contribution in [-0.2, 0) is 6.54 Å². The predicted molar refractivity (Wildman–Crippen MR) is 79.8 cm³/mol. The van der Waals surface area contributed by atoms with Crippen LogP contribution < -0.4 is 5.32 Å². The molecule has 0 spiro atoms. The van der Waals surface area contributed by atoms with E-state index in [9.17, 15) is 0 Å². The number of hydrogen-bond acceptors (Lipinski definition) is 4. The van der Waals surface area contributed by atoms with Crippen LogP contribution in [0.4, 0.5) is 5.82 Å². The minimum atomic E-state index is 0.721. The summed E-state index contributed by atoms with van der Waals surface area (Å²) in [6.45, 7) is 5.71. The smallest absolute Gasteiger partial charge is 0.163 e. The summed E-state index contributed by atoms with van der Waals surface area (Å²) in [5.74, 6) is 0.841. The molecule has 0 fully saturated rings. The maximum atomic E-state index is 4.45. The fourth-order valence-corrected chi connectivity index (χ4v) is 2.27. The third kappa shape index (κ3) is 2.22. The summed E-state index contributed by atoms with van der Waals surface area (Å²) in [6.07, 6.45) is 3.40. The van der Waals surface area contributed by atoms with E-state index in [1.54, 1.807) is 6.33 Å². The number of fused-ring (bicyclic) bond motifs is 1. The highest BCUT2D eigenvalue weighted by Crippen LogP contribution is 2.19. The fraction of sp³-hybridized carbons (Fsp3) is 0.267. The SMILES string of the molecule is CCNc1ncnc2c1cnn2Cc1ccccc1C. The van der Waals surface area contributed by atoms with E-state index in [4.69, 9.17) is 0 Å². The van der Waals surface area contributed by atoms with Crippen LogP contribution in [0.3, 0.4) is 0 Å². The minimum Gasteiger partial charge on any atom is -0.370 e. The first kappa shape index (κ1) is 12.6. The number of rotatable bonds is 4. The molecule has 3 rings (SSSR count). The zero-order valence-corrected chi connectivity index (χ0v) is 11.7. The molecule has 5 nitrogen and oxygen atoms in total. The highest BCUT2D eigenvalue weighted by Gasteiger charge is 2.10. The Labute approximate surface area is 117 Å². The molecule has 102 valence electrons. The van der Waals surface area contributed by atoms with Crippen molar-refractivity contribution >= 4 is 16.9 Å². The van der Waals surface area contributed by atoms with E-state index in [1.165, 1.54) is 11.1 Å². The summed E-state index contributed by atoms with van der Waals surface area (Å²) in [5, 5.41) is 8.64. The highest BCUT2D eigenvalue weighted by molar-refractivity contribution is 5.86. The first-order valence-corrected chi connectivity index (χ1v) is 6.74. The van der Waals surface area contributed by atoms with Crippen molar-refractivity contribution in [2.24, 2.45) is 0 Å². The Kier molecular flexibility index (Phi) is 3.33. The number of nitrogens with zero attached hydrogens (tertiary/aromatic N) is 4. The van der Waals surface area contributed by atoms with E-state index >= 15 is 0 Å². The Bertz CT molecular complexity index is 732. The second-order valence-electron chi connectivity index (χ2n) is 4.72. The van der Waals surface area contributed by atoms with Gasteiger partial charge in [-0.3, -0.25) is 0 Å². The molecule has 0 radical (unpaired) electrons. The molecule has 0 aliphatic rings. The lowest BCUT2D eigenvalue weighted by Gasteiger charge is -2.07. The summed E-state index contributed by atoms with van der Waals surface area (Å²) in [4.78, 5) is 8.62. The second-order valence-corrected chi connectivity index (χ2v) is 4.72. The van der Waals surface area contributed by atoms with Gasteiger partial charge < -0.3 is 5.32 Å². The van der Waals surface area contributed by atoms with E-state index < -0.39 is 0 Å². The van der Waals surface area contributed by atoms with Crippen molar-refractivity contribution in [1.82, 2.24) is 19.7 Å². The molecular weight excluding hydrogens is 250 g/mol. The van der Waals surface area contributed by atoms with Crippen LogP contribution >= 0.6 is 0 Å². The first-order chi connectivity index (χ1) is 9.79. The van der Waals surface area contributed by atoms with Crippen molar-refractivity contribution in [3.8, 4) is 0 Å². The maximum Gasteiger partial charge on any atom is 0.163 e. The topological polar surface area (TPSA) is 55.6 Å². The molecule has 0 aliphatic carbocycles. The van der Waals surface area contributed by atoms with Gasteiger partial charge in [0, 0.05) is 6.54 Å². The molecule has 2 heterocycles. The molecule has 0 unspecified atom stereocenters. The highest BCUT2D eigenvalue weighted by atomic mass is 15.3. The Morgan fingerprint density at radius 2 is 2.05 bits per heavy atom. The number of anilines is 1. The molecular formula is C15H17N5. The average molecular weight is 267 g/mol. The van der Waals surface area contributed by atoms with E-state index in [0.29, 0.717) is 0 Å². The van der Waals surface area contributed by atoms with Crippen LogP contribution in [0.2, 0.25) is 0 Å². The summed E-state index contributed by atoms with van der Waals surface area (Å²) in [5.41, 5.74) is 3.37. The van der Waals surface area contributed by atoms with Crippen molar-refractivity contribution < 1.29 is 0 Å². The molecule has 0 amide bonds. The minimum absolute atomic E-state index is 0.721. The van der Waals surface area contributed by atoms with E-state index in [2.05, 4.69) is 39.4 Å². The fourth-order valence-electron chi connectivity index (χ4n) is 2.27. The van der Waals surface area contributed by atoms with Gasteiger partial charge in [-0.05, 0) is 25.0 Å². The van der Waals surface area contributed by atoms with Gasteiger partial charge >= 0.3 is 0 Å². The lowest BCUT2D eigenvalue weighted by atomic mass is 10.1. The molecule has 20 heavy (non-hydrogen) atoms. The second kappa shape index (κ2) is 5.28. The normalized spacial score (nSPS) is 10.9. The van der Waals surface area contributed by atoms with Gasteiger partial charge in [0.05, 0.1) is 18.1 Å². The zero-order valence-electron chi connectivity index (χ0n) is 11.7. The monoisotopic (exact) mass is 267 g/mol. The Hall–Kier alpha value is -2.43. The molecule has 1 aromatic carbocycles. The molecule has 0 atom stereocenters. The van der Waals surface area contributed by atoms with Crippen molar-refractivity contribution in [2.75, 3.05) is 11.9 Å². The largest absolute Gasteiger partial charge is 0.370 e. The summed E-state index contributed by atoms with van der Waals surface area (Å²) < 4.78 is 1.92. The zero-order chi connectivity index (χ0) is 13.9. The van der Waals surface area contributed by atoms with Crippen LogP contribution in [-0.4, -0.2) is 26.3 Å². The Balaban J connectivity index is 2.01. The van der Waals surface area contributed by atoms with Gasteiger partial charge in [-0.25, -0.2) is 14.6 Å². The molecule has 0 bridgehead atoms. The quantitative estimate of drug-likeness (QED) is 0.789. The van der Waals surface area contributed by atoms with E-state index in [1.807, 2.05) is 29.9 Å². The van der Waals surface area contributed by atoms with E-state index in [0.717, 1.165) is 29.9 Å². The standard InChI is InChI=1S/C15H17N5/c1-3-16-14-13-8-19-20(15(13)18-10-17-14)9-12-7-5-4-6-11(12)2/h4-8,10H,3,9H2,1-2H3,(H,16,17,18). The first-order valence-electron chi connectivity index (χ1n) is 6.74. The number of benzene rings is 1. The van der Waals surface area contributed by atoms with Crippen LogP contribution in [0.25, 0.3) is 11.0 Å². The number of aromatic nitrogens is 4. The van der Waals surface area contributed by atoms with Gasteiger partial charge in [-0.2, -0.15) is 5.10 Å². The van der Waals surface area contributed by atoms with Crippen LogP contribution in [0.1, 0.15) is 18.1 Å². The van der Waals surface area contributed by atoms with Crippen molar-refractivity contribution in [3.63, 3.8) is 0 Å². The lowest BCUT2D eigenvalue weighted by molar-refractivity contribution is 0.700. The van der Waals surface area contributed by atoms with Gasteiger partial charge in [-0.1, -0.05) is 24.3 Å². The van der Waals surface area contributed by atoms with E-state index in [-0.39, 0.29) is 0 Å². The van der Waals surface area contributed by atoms with Gasteiger partial charge in [0.2, 0.25) is 0 Å². The van der Waals surface area contributed by atoms with Crippen LogP contribution in [0.5, 0.6) is 0 Å². The van der Waals surface area contributed by atoms with Crippen LogP contribution in [0.15, 0.2) is 36.8 Å². The van der Waals surface area contributed by atoms with Gasteiger partial charge in [0.25, 0.3) is 0 Å². The molecule has 0 saturated carbocycles. The maximum absolute atomic E-state index is 4.45.